The molecule has 1 amide bonds. The molecule has 0 saturated heterocycles. The summed E-state index contributed by atoms with van der Waals surface area (Å²) in [5.41, 5.74) is 2.35. The van der Waals surface area contributed by atoms with E-state index in [0.29, 0.717) is 17.3 Å². The fraction of sp³-hybridized carbons (Fsp3) is 0.0476. The van der Waals surface area contributed by atoms with Crippen molar-refractivity contribution in [2.75, 3.05) is 0 Å². The van der Waals surface area contributed by atoms with Gasteiger partial charge in [-0.2, -0.15) is 0 Å². The molecule has 0 spiro atoms. The Kier molecular flexibility index (Phi) is 4.56. The van der Waals surface area contributed by atoms with Gasteiger partial charge in [0, 0.05) is 0 Å². The number of amides is 1. The summed E-state index contributed by atoms with van der Waals surface area (Å²) in [7, 11) is 0. The van der Waals surface area contributed by atoms with Crippen molar-refractivity contribution < 1.29 is 9.18 Å². The van der Waals surface area contributed by atoms with Gasteiger partial charge in [0.1, 0.15) is 11.6 Å². The first-order valence-electron chi connectivity index (χ1n) is 9.16. The number of thiophene rings is 1. The normalized spacial score (nSPS) is 11.1. The molecule has 0 fully saturated rings. The van der Waals surface area contributed by atoms with Crippen LogP contribution in [0, 0.1) is 5.82 Å². The summed E-state index contributed by atoms with van der Waals surface area (Å²) in [4.78, 5) is 25.6. The Labute approximate surface area is 174 Å². The lowest BCUT2D eigenvalue weighted by molar-refractivity contribution is 0.0939. The van der Waals surface area contributed by atoms with Crippen LogP contribution in [0.4, 0.5) is 4.39 Å². The molecule has 0 aliphatic heterocycles. The average molecular weight is 418 g/mol. The minimum atomic E-state index is -0.422. The highest BCUT2D eigenvalue weighted by Crippen LogP contribution is 2.25. The molecule has 0 atom stereocenters. The second-order valence-electron chi connectivity index (χ2n) is 6.51. The molecule has 30 heavy (non-hydrogen) atoms. The standard InChI is InChI=1S/C21H15FN6OS/c22-13-7-9-14(10-8-13)28-20(17-6-3-11-30-17)26-19(27-28)21(29)23-12-18-24-15-4-1-2-5-16(15)25-18/h1-11H,12H2,(H,23,29)(H,24,25). The molecular weight excluding hydrogens is 403 g/mol. The first-order chi connectivity index (χ1) is 14.7. The van der Waals surface area contributed by atoms with Gasteiger partial charge >= 0.3 is 0 Å². The highest BCUT2D eigenvalue weighted by Gasteiger charge is 2.19. The van der Waals surface area contributed by atoms with Gasteiger partial charge in [-0.15, -0.1) is 16.4 Å². The van der Waals surface area contributed by atoms with Crippen LogP contribution in [0.15, 0.2) is 66.0 Å². The van der Waals surface area contributed by atoms with E-state index in [1.807, 2.05) is 41.8 Å². The van der Waals surface area contributed by atoms with Crippen LogP contribution in [-0.4, -0.2) is 30.6 Å². The molecule has 2 N–H and O–H groups in total. The van der Waals surface area contributed by atoms with Crippen molar-refractivity contribution in [3.63, 3.8) is 0 Å². The van der Waals surface area contributed by atoms with E-state index in [4.69, 9.17) is 0 Å². The number of H-pyrrole nitrogens is 1. The Hall–Kier alpha value is -3.85. The maximum Gasteiger partial charge on any atom is 0.291 e. The second-order valence-corrected chi connectivity index (χ2v) is 7.46. The van der Waals surface area contributed by atoms with Crippen molar-refractivity contribution in [3.8, 4) is 16.4 Å². The van der Waals surface area contributed by atoms with Crippen molar-refractivity contribution in [3.05, 3.63) is 83.5 Å². The molecule has 0 aliphatic carbocycles. The molecule has 0 aliphatic rings. The SMILES string of the molecule is O=C(NCc1nc2ccccc2[nH]1)c1nc(-c2cccs2)n(-c2ccc(F)cc2)n1. The number of fused-ring (bicyclic) bond motifs is 1. The van der Waals surface area contributed by atoms with Crippen LogP contribution >= 0.6 is 11.3 Å². The molecule has 2 aromatic carbocycles. The zero-order valence-electron chi connectivity index (χ0n) is 15.5. The summed E-state index contributed by atoms with van der Waals surface area (Å²) in [5, 5.41) is 9.08. The van der Waals surface area contributed by atoms with E-state index < -0.39 is 5.91 Å². The quantitative estimate of drug-likeness (QED) is 0.453. The van der Waals surface area contributed by atoms with E-state index in [1.54, 1.807) is 16.8 Å². The van der Waals surface area contributed by atoms with Crippen molar-refractivity contribution >= 4 is 28.3 Å². The lowest BCUT2D eigenvalue weighted by Gasteiger charge is -2.04. The van der Waals surface area contributed by atoms with Crippen LogP contribution in [0.25, 0.3) is 27.4 Å². The van der Waals surface area contributed by atoms with E-state index in [0.717, 1.165) is 15.9 Å². The number of benzene rings is 2. The molecular formula is C21H15FN6OS. The number of hydrogen-bond donors (Lipinski definition) is 2. The summed E-state index contributed by atoms with van der Waals surface area (Å²) >= 11 is 1.48. The van der Waals surface area contributed by atoms with E-state index in [9.17, 15) is 9.18 Å². The number of carbonyl (C=O) groups is 1. The fourth-order valence-electron chi connectivity index (χ4n) is 3.07. The number of para-hydroxylation sites is 2. The zero-order valence-corrected chi connectivity index (χ0v) is 16.4. The molecule has 0 radical (unpaired) electrons. The van der Waals surface area contributed by atoms with E-state index >= 15 is 0 Å². The number of hydrogen-bond acceptors (Lipinski definition) is 5. The summed E-state index contributed by atoms with van der Waals surface area (Å²) < 4.78 is 14.9. The minimum absolute atomic E-state index is 0.0267. The van der Waals surface area contributed by atoms with Crippen LogP contribution in [-0.2, 0) is 6.54 Å². The molecule has 0 unspecified atom stereocenters. The van der Waals surface area contributed by atoms with E-state index in [2.05, 4.69) is 25.4 Å². The molecule has 3 aromatic heterocycles. The highest BCUT2D eigenvalue weighted by molar-refractivity contribution is 7.13. The topological polar surface area (TPSA) is 88.5 Å². The number of aromatic nitrogens is 5. The number of rotatable bonds is 5. The van der Waals surface area contributed by atoms with Gasteiger partial charge in [-0.25, -0.2) is 19.0 Å². The van der Waals surface area contributed by atoms with Gasteiger partial charge < -0.3 is 10.3 Å². The Bertz CT molecular complexity index is 1290. The number of halogens is 1. The highest BCUT2D eigenvalue weighted by atomic mass is 32.1. The first kappa shape index (κ1) is 18.2. The third-order valence-electron chi connectivity index (χ3n) is 4.48. The summed E-state index contributed by atoms with van der Waals surface area (Å²) in [5.74, 6) is 0.416. The Morgan fingerprint density at radius 1 is 1.07 bits per heavy atom. The molecule has 7 nitrogen and oxygen atoms in total. The number of nitrogens with zero attached hydrogens (tertiary/aromatic N) is 4. The Balaban J connectivity index is 1.42. The van der Waals surface area contributed by atoms with Gasteiger partial charge in [0.25, 0.3) is 5.91 Å². The number of aromatic amines is 1. The summed E-state index contributed by atoms with van der Waals surface area (Å²) in [6.45, 7) is 0.215. The van der Waals surface area contributed by atoms with Gasteiger partial charge in [0.2, 0.25) is 5.82 Å². The number of nitrogens with one attached hydrogen (secondary N) is 2. The monoisotopic (exact) mass is 418 g/mol. The lowest BCUT2D eigenvalue weighted by atomic mass is 10.3. The van der Waals surface area contributed by atoms with E-state index in [-0.39, 0.29) is 18.2 Å². The Morgan fingerprint density at radius 3 is 2.67 bits per heavy atom. The Morgan fingerprint density at radius 2 is 1.90 bits per heavy atom. The summed E-state index contributed by atoms with van der Waals surface area (Å²) in [6.07, 6.45) is 0. The van der Waals surface area contributed by atoms with Gasteiger partial charge in [-0.05, 0) is 47.8 Å². The number of carbonyl (C=O) groups excluding carboxylic acids is 1. The third-order valence-corrected chi connectivity index (χ3v) is 5.34. The molecule has 3 heterocycles. The van der Waals surface area contributed by atoms with Gasteiger partial charge in [-0.3, -0.25) is 4.79 Å². The van der Waals surface area contributed by atoms with Crippen molar-refractivity contribution in [1.29, 1.82) is 0 Å². The second kappa shape index (κ2) is 7.53. The zero-order chi connectivity index (χ0) is 20.5. The average Bonchev–Trinajstić information content (AvgIpc) is 3.51. The van der Waals surface area contributed by atoms with Crippen molar-refractivity contribution in [2.45, 2.75) is 6.54 Å². The van der Waals surface area contributed by atoms with Gasteiger partial charge in [0.15, 0.2) is 5.82 Å². The van der Waals surface area contributed by atoms with Crippen LogP contribution in [0.1, 0.15) is 16.4 Å². The van der Waals surface area contributed by atoms with Crippen molar-refractivity contribution in [1.82, 2.24) is 30.0 Å². The van der Waals surface area contributed by atoms with Crippen LogP contribution < -0.4 is 5.32 Å². The largest absolute Gasteiger partial charge is 0.342 e. The van der Waals surface area contributed by atoms with Gasteiger partial charge in [-0.1, -0.05) is 18.2 Å². The maximum absolute atomic E-state index is 13.3. The third kappa shape index (κ3) is 3.46. The van der Waals surface area contributed by atoms with Gasteiger partial charge in [0.05, 0.1) is 28.1 Å². The van der Waals surface area contributed by atoms with Crippen LogP contribution in [0.3, 0.4) is 0 Å². The van der Waals surface area contributed by atoms with Crippen LogP contribution in [0.5, 0.6) is 0 Å². The molecule has 0 saturated carbocycles. The smallest absolute Gasteiger partial charge is 0.291 e. The molecule has 148 valence electrons. The maximum atomic E-state index is 13.3. The molecule has 0 bridgehead atoms. The molecule has 9 heteroatoms. The van der Waals surface area contributed by atoms with Crippen molar-refractivity contribution in [2.24, 2.45) is 0 Å². The predicted octanol–water partition coefficient (Wildman–Crippen LogP) is 3.94. The number of imidazole rings is 1. The lowest BCUT2D eigenvalue weighted by Crippen LogP contribution is -2.24. The van der Waals surface area contributed by atoms with Crippen LogP contribution in [0.2, 0.25) is 0 Å². The fourth-order valence-corrected chi connectivity index (χ4v) is 3.77. The minimum Gasteiger partial charge on any atom is -0.342 e. The summed E-state index contributed by atoms with van der Waals surface area (Å²) in [6, 6.07) is 17.3. The molecule has 5 rings (SSSR count). The molecule has 5 aromatic rings. The predicted molar refractivity (Wildman–Crippen MR) is 112 cm³/mol. The first-order valence-corrected chi connectivity index (χ1v) is 10.0. The van der Waals surface area contributed by atoms with E-state index in [1.165, 1.54) is 23.5 Å².